The van der Waals surface area contributed by atoms with Gasteiger partial charge in [0.2, 0.25) is 0 Å². The first kappa shape index (κ1) is 23.4. The minimum atomic E-state index is -3.38. The Kier molecular flexibility index (Phi) is 7.79. The molecule has 8 nitrogen and oxygen atoms in total. The van der Waals surface area contributed by atoms with Crippen LogP contribution >= 0.6 is 0 Å². The van der Waals surface area contributed by atoms with E-state index < -0.39 is 16.3 Å². The van der Waals surface area contributed by atoms with Crippen molar-refractivity contribution in [2.24, 2.45) is 0 Å². The van der Waals surface area contributed by atoms with Crippen molar-refractivity contribution in [1.82, 2.24) is 8.61 Å². The fourth-order valence-corrected chi connectivity index (χ4v) is 4.62. The molecule has 0 aliphatic carbocycles. The van der Waals surface area contributed by atoms with Crippen LogP contribution in [-0.4, -0.2) is 87.4 Å². The lowest BCUT2D eigenvalue weighted by molar-refractivity contribution is -0.906. The predicted octanol–water partition coefficient (Wildman–Crippen LogP) is -0.336. The average molecular weight is 449 g/mol. The van der Waals surface area contributed by atoms with Crippen LogP contribution in [0.3, 0.4) is 0 Å². The molecule has 9 heteroatoms. The summed E-state index contributed by atoms with van der Waals surface area (Å²) in [6, 6.07) is 16.0. The summed E-state index contributed by atoms with van der Waals surface area (Å²) in [5.41, 5.74) is 1.21. The minimum absolute atomic E-state index is 0.0498. The topological polar surface area (TPSA) is 91.6 Å². The van der Waals surface area contributed by atoms with Gasteiger partial charge in [-0.25, -0.2) is 0 Å². The van der Waals surface area contributed by atoms with Crippen molar-refractivity contribution in [3.8, 4) is 5.75 Å². The van der Waals surface area contributed by atoms with Gasteiger partial charge < -0.3 is 14.7 Å². The highest BCUT2D eigenvalue weighted by atomic mass is 32.2. The van der Waals surface area contributed by atoms with E-state index in [0.29, 0.717) is 49.6 Å². The molecule has 3 rings (SSSR count). The molecule has 1 aliphatic rings. The molecule has 0 saturated carbocycles. The highest BCUT2D eigenvalue weighted by Crippen LogP contribution is 2.15. The Hall–Kier alpha value is -2.30. The zero-order valence-electron chi connectivity index (χ0n) is 17.9. The molecule has 31 heavy (non-hydrogen) atoms. The normalized spacial score (nSPS) is 16.9. The first-order valence-corrected chi connectivity index (χ1v) is 11.7. The van der Waals surface area contributed by atoms with Crippen LogP contribution in [0.15, 0.2) is 54.6 Å². The molecule has 1 heterocycles. The molecule has 0 bridgehead atoms. The number of quaternary nitrogens is 1. The third-order valence-electron chi connectivity index (χ3n) is 5.34. The Morgan fingerprint density at radius 2 is 1.65 bits per heavy atom. The average Bonchev–Trinajstić information content (AvgIpc) is 2.78. The summed E-state index contributed by atoms with van der Waals surface area (Å²) in [7, 11) is -0.328. The van der Waals surface area contributed by atoms with E-state index >= 15 is 0 Å². The Balaban J connectivity index is 1.44. The van der Waals surface area contributed by atoms with Gasteiger partial charge in [0, 0.05) is 25.2 Å². The lowest BCUT2D eigenvalue weighted by atomic mass is 10.0. The van der Waals surface area contributed by atoms with Gasteiger partial charge in [0.1, 0.15) is 25.0 Å². The number of rotatable bonds is 9. The molecule has 0 radical (unpaired) electrons. The zero-order valence-corrected chi connectivity index (χ0v) is 18.7. The van der Waals surface area contributed by atoms with E-state index in [0.717, 1.165) is 4.90 Å². The number of piperazine rings is 1. The second-order valence-electron chi connectivity index (χ2n) is 7.83. The summed E-state index contributed by atoms with van der Waals surface area (Å²) in [4.78, 5) is 13.6. The highest BCUT2D eigenvalue weighted by molar-refractivity contribution is 7.86. The molecule has 168 valence electrons. The maximum Gasteiger partial charge on any atom is 0.281 e. The smallest absolute Gasteiger partial charge is 0.281 e. The first-order chi connectivity index (χ1) is 14.8. The van der Waals surface area contributed by atoms with Crippen LogP contribution in [0.4, 0.5) is 0 Å². The van der Waals surface area contributed by atoms with Crippen LogP contribution in [-0.2, 0) is 10.2 Å². The lowest BCUT2D eigenvalue weighted by Gasteiger charge is -2.33. The SMILES string of the molecule is CN(C)S(=O)(=O)N1CC[NH+](C[C@@H](O)COc2ccc(C(=O)c3ccccc3)cc2)CC1. The molecule has 1 saturated heterocycles. The van der Waals surface area contributed by atoms with E-state index in [1.54, 1.807) is 36.4 Å². The number of carbonyl (C=O) groups is 1. The molecule has 0 unspecified atom stereocenters. The molecule has 1 atom stereocenters. The van der Waals surface area contributed by atoms with E-state index in [-0.39, 0.29) is 12.4 Å². The summed E-state index contributed by atoms with van der Waals surface area (Å²) in [5.74, 6) is 0.534. The number of nitrogens with zero attached hydrogens (tertiary/aromatic N) is 2. The van der Waals surface area contributed by atoms with Gasteiger partial charge in [-0.05, 0) is 24.3 Å². The summed E-state index contributed by atoms with van der Waals surface area (Å²) in [6.45, 7) is 2.76. The van der Waals surface area contributed by atoms with E-state index in [1.807, 2.05) is 18.2 Å². The summed E-state index contributed by atoms with van der Waals surface area (Å²) >= 11 is 0. The molecular formula is C22H30N3O5S+. The Morgan fingerprint density at radius 3 is 2.23 bits per heavy atom. The Bertz CT molecular complexity index is 956. The van der Waals surface area contributed by atoms with Crippen molar-refractivity contribution in [1.29, 1.82) is 0 Å². The van der Waals surface area contributed by atoms with Gasteiger partial charge in [-0.2, -0.15) is 17.0 Å². The van der Waals surface area contributed by atoms with Crippen LogP contribution in [0.2, 0.25) is 0 Å². The third kappa shape index (κ3) is 6.11. The second-order valence-corrected chi connectivity index (χ2v) is 9.97. The van der Waals surface area contributed by atoms with Gasteiger partial charge in [-0.1, -0.05) is 30.3 Å². The van der Waals surface area contributed by atoms with Crippen molar-refractivity contribution >= 4 is 16.0 Å². The number of aliphatic hydroxyl groups is 1. The maximum absolute atomic E-state index is 12.4. The van der Waals surface area contributed by atoms with E-state index in [9.17, 15) is 18.3 Å². The van der Waals surface area contributed by atoms with Crippen LogP contribution in [0.5, 0.6) is 5.75 Å². The monoisotopic (exact) mass is 448 g/mol. The predicted molar refractivity (Wildman–Crippen MR) is 118 cm³/mol. The van der Waals surface area contributed by atoms with Crippen LogP contribution in [0, 0.1) is 0 Å². The fourth-order valence-electron chi connectivity index (χ4n) is 3.51. The van der Waals surface area contributed by atoms with Crippen molar-refractivity contribution < 1.29 is 28.0 Å². The van der Waals surface area contributed by atoms with Gasteiger partial charge in [-0.3, -0.25) is 4.79 Å². The largest absolute Gasteiger partial charge is 0.491 e. The number of ketones is 1. The number of aliphatic hydroxyl groups excluding tert-OH is 1. The Morgan fingerprint density at radius 1 is 1.06 bits per heavy atom. The number of hydrogen-bond donors (Lipinski definition) is 2. The van der Waals surface area contributed by atoms with Gasteiger partial charge in [0.25, 0.3) is 10.2 Å². The number of carbonyl (C=O) groups excluding carboxylic acids is 1. The van der Waals surface area contributed by atoms with Crippen molar-refractivity contribution in [2.45, 2.75) is 6.10 Å². The van der Waals surface area contributed by atoms with Gasteiger partial charge >= 0.3 is 0 Å². The lowest BCUT2D eigenvalue weighted by Crippen LogP contribution is -3.16. The van der Waals surface area contributed by atoms with E-state index in [4.69, 9.17) is 4.74 Å². The molecule has 2 aromatic carbocycles. The standard InChI is InChI=1S/C22H29N3O5S/c1-23(2)31(28,29)25-14-12-24(13-15-25)16-20(26)17-30-21-10-8-19(9-11-21)22(27)18-6-4-3-5-7-18/h3-11,20,26H,12-17H2,1-2H3/p+1/t20-/m1/s1. The molecule has 2 N–H and O–H groups in total. The minimum Gasteiger partial charge on any atom is -0.491 e. The molecule has 1 fully saturated rings. The van der Waals surface area contributed by atoms with Gasteiger partial charge in [-0.15, -0.1) is 0 Å². The molecule has 1 aliphatic heterocycles. The second kappa shape index (κ2) is 10.3. The number of hydrogen-bond acceptors (Lipinski definition) is 5. The Labute approximate surface area is 183 Å². The quantitative estimate of drug-likeness (QED) is 0.513. The first-order valence-electron chi connectivity index (χ1n) is 10.3. The summed E-state index contributed by atoms with van der Waals surface area (Å²) < 4.78 is 32.7. The van der Waals surface area contributed by atoms with Gasteiger partial charge in [0.05, 0.1) is 26.2 Å². The van der Waals surface area contributed by atoms with Gasteiger partial charge in [0.15, 0.2) is 5.78 Å². The molecular weight excluding hydrogens is 418 g/mol. The van der Waals surface area contributed by atoms with E-state index in [1.165, 1.54) is 22.7 Å². The van der Waals surface area contributed by atoms with Crippen LogP contribution in [0.25, 0.3) is 0 Å². The van der Waals surface area contributed by atoms with Crippen molar-refractivity contribution in [2.75, 3.05) is 53.4 Å². The maximum atomic E-state index is 12.4. The summed E-state index contributed by atoms with van der Waals surface area (Å²) in [5, 5.41) is 10.3. The summed E-state index contributed by atoms with van der Waals surface area (Å²) in [6.07, 6.45) is -0.669. The van der Waals surface area contributed by atoms with Crippen molar-refractivity contribution in [3.63, 3.8) is 0 Å². The molecule has 2 aromatic rings. The highest BCUT2D eigenvalue weighted by Gasteiger charge is 2.31. The van der Waals surface area contributed by atoms with Crippen LogP contribution < -0.4 is 9.64 Å². The van der Waals surface area contributed by atoms with E-state index in [2.05, 4.69) is 0 Å². The molecule has 0 aromatic heterocycles. The zero-order chi connectivity index (χ0) is 22.4. The fraction of sp³-hybridized carbons (Fsp3) is 0.409. The molecule has 0 spiro atoms. The van der Waals surface area contributed by atoms with Crippen molar-refractivity contribution in [3.05, 3.63) is 65.7 Å². The van der Waals surface area contributed by atoms with Crippen LogP contribution in [0.1, 0.15) is 15.9 Å². The third-order valence-corrected chi connectivity index (χ3v) is 7.28. The molecule has 0 amide bonds. The number of nitrogens with one attached hydrogen (secondary N) is 1. The number of ether oxygens (including phenoxy) is 1. The number of benzene rings is 2.